The van der Waals surface area contributed by atoms with Crippen molar-refractivity contribution in [1.82, 2.24) is 15.5 Å². The summed E-state index contributed by atoms with van der Waals surface area (Å²) < 4.78 is 0. The zero-order valence-electron chi connectivity index (χ0n) is 12.0. The van der Waals surface area contributed by atoms with Gasteiger partial charge in [0.25, 0.3) is 0 Å². The van der Waals surface area contributed by atoms with Gasteiger partial charge in [-0.25, -0.2) is 9.59 Å². The Morgan fingerprint density at radius 3 is 2.63 bits per heavy atom. The van der Waals surface area contributed by atoms with Crippen LogP contribution in [0, 0.1) is 5.92 Å². The lowest BCUT2D eigenvalue weighted by molar-refractivity contribution is -0.139. The Bertz CT molecular complexity index is 320. The molecule has 0 aromatic rings. The number of carbonyl (C=O) groups excluding carboxylic acids is 1. The Hall–Kier alpha value is -1.30. The number of nitrogens with zero attached hydrogens (tertiary/aromatic N) is 1. The second-order valence-corrected chi connectivity index (χ2v) is 5.74. The quantitative estimate of drug-likeness (QED) is 0.693. The SMILES string of the molecule is CC(C)CC(NC(=O)NC1CCCN(C)C1)C(=O)O. The number of hydrogen-bond acceptors (Lipinski definition) is 3. The van der Waals surface area contributed by atoms with E-state index in [9.17, 15) is 9.59 Å². The van der Waals surface area contributed by atoms with Crippen molar-refractivity contribution in [2.75, 3.05) is 20.1 Å². The van der Waals surface area contributed by atoms with Gasteiger partial charge in [0.05, 0.1) is 0 Å². The van der Waals surface area contributed by atoms with E-state index < -0.39 is 12.0 Å². The third-order valence-electron chi connectivity index (χ3n) is 3.27. The molecule has 2 atom stereocenters. The van der Waals surface area contributed by atoms with Crippen LogP contribution < -0.4 is 10.6 Å². The molecule has 0 aromatic carbocycles. The van der Waals surface area contributed by atoms with Crippen LogP contribution in [0.25, 0.3) is 0 Å². The molecule has 1 aliphatic rings. The van der Waals surface area contributed by atoms with Crippen LogP contribution in [0.1, 0.15) is 33.1 Å². The van der Waals surface area contributed by atoms with Gasteiger partial charge in [-0.2, -0.15) is 0 Å². The highest BCUT2D eigenvalue weighted by Crippen LogP contribution is 2.08. The number of nitrogens with one attached hydrogen (secondary N) is 2. The van der Waals surface area contributed by atoms with Crippen LogP contribution in [0.5, 0.6) is 0 Å². The molecule has 110 valence electrons. The van der Waals surface area contributed by atoms with Crippen molar-refractivity contribution in [3.63, 3.8) is 0 Å². The Labute approximate surface area is 114 Å². The smallest absolute Gasteiger partial charge is 0.326 e. The molecule has 6 heteroatoms. The lowest BCUT2D eigenvalue weighted by Gasteiger charge is -2.30. The lowest BCUT2D eigenvalue weighted by atomic mass is 10.0. The van der Waals surface area contributed by atoms with E-state index in [1.54, 1.807) is 0 Å². The average molecular weight is 271 g/mol. The van der Waals surface area contributed by atoms with Crippen molar-refractivity contribution in [2.45, 2.75) is 45.2 Å². The third kappa shape index (κ3) is 5.92. The number of rotatable bonds is 5. The molecule has 6 nitrogen and oxygen atoms in total. The maximum atomic E-state index is 11.8. The predicted molar refractivity (Wildman–Crippen MR) is 73.1 cm³/mol. The lowest BCUT2D eigenvalue weighted by Crippen LogP contribution is -2.53. The number of likely N-dealkylation sites (N-methyl/N-ethyl adjacent to an activating group) is 1. The summed E-state index contributed by atoms with van der Waals surface area (Å²) in [6.07, 6.45) is 2.43. The van der Waals surface area contributed by atoms with Gasteiger partial charge >= 0.3 is 12.0 Å². The summed E-state index contributed by atoms with van der Waals surface area (Å²) in [5, 5.41) is 14.5. The van der Waals surface area contributed by atoms with Crippen LogP contribution in [0.2, 0.25) is 0 Å². The van der Waals surface area contributed by atoms with E-state index in [0.29, 0.717) is 6.42 Å². The van der Waals surface area contributed by atoms with Gasteiger partial charge in [0.15, 0.2) is 0 Å². The summed E-state index contributed by atoms with van der Waals surface area (Å²) in [7, 11) is 2.02. The second-order valence-electron chi connectivity index (χ2n) is 5.74. The first-order chi connectivity index (χ1) is 8.88. The summed E-state index contributed by atoms with van der Waals surface area (Å²) >= 11 is 0. The minimum absolute atomic E-state index is 0.104. The number of carbonyl (C=O) groups is 2. The molecule has 1 rings (SSSR count). The van der Waals surface area contributed by atoms with Crippen LogP contribution >= 0.6 is 0 Å². The molecular weight excluding hydrogens is 246 g/mol. The van der Waals surface area contributed by atoms with Crippen molar-refractivity contribution in [2.24, 2.45) is 5.92 Å². The van der Waals surface area contributed by atoms with Crippen molar-refractivity contribution in [3.05, 3.63) is 0 Å². The fraction of sp³-hybridized carbons (Fsp3) is 0.846. The Morgan fingerprint density at radius 2 is 2.11 bits per heavy atom. The number of urea groups is 1. The first-order valence-corrected chi connectivity index (χ1v) is 6.87. The second kappa shape index (κ2) is 7.33. The van der Waals surface area contributed by atoms with Crippen LogP contribution in [-0.2, 0) is 4.79 Å². The molecule has 1 heterocycles. The zero-order chi connectivity index (χ0) is 14.4. The Morgan fingerprint density at radius 1 is 1.42 bits per heavy atom. The zero-order valence-corrected chi connectivity index (χ0v) is 12.0. The van der Waals surface area contributed by atoms with E-state index in [2.05, 4.69) is 15.5 Å². The summed E-state index contributed by atoms with van der Waals surface area (Å²) in [4.78, 5) is 25.0. The number of hydrogen-bond donors (Lipinski definition) is 3. The summed E-state index contributed by atoms with van der Waals surface area (Å²) in [5.41, 5.74) is 0. The molecule has 2 amide bonds. The molecule has 3 N–H and O–H groups in total. The number of likely N-dealkylation sites (tertiary alicyclic amines) is 1. The predicted octanol–water partition coefficient (Wildman–Crippen LogP) is 0.879. The van der Waals surface area contributed by atoms with Gasteiger partial charge in [0.2, 0.25) is 0 Å². The van der Waals surface area contributed by atoms with Gasteiger partial charge in [0, 0.05) is 12.6 Å². The van der Waals surface area contributed by atoms with Crippen LogP contribution in [0.3, 0.4) is 0 Å². The first kappa shape index (κ1) is 15.8. The van der Waals surface area contributed by atoms with E-state index in [-0.39, 0.29) is 18.0 Å². The molecule has 0 bridgehead atoms. The van der Waals surface area contributed by atoms with Gasteiger partial charge in [0.1, 0.15) is 6.04 Å². The Balaban J connectivity index is 2.41. The van der Waals surface area contributed by atoms with Crippen LogP contribution in [0.4, 0.5) is 4.79 Å². The van der Waals surface area contributed by atoms with Crippen molar-refractivity contribution < 1.29 is 14.7 Å². The van der Waals surface area contributed by atoms with E-state index in [0.717, 1.165) is 25.9 Å². The van der Waals surface area contributed by atoms with E-state index in [4.69, 9.17) is 5.11 Å². The summed E-state index contributed by atoms with van der Waals surface area (Å²) in [6.45, 7) is 5.73. The van der Waals surface area contributed by atoms with Gasteiger partial charge in [-0.3, -0.25) is 0 Å². The number of carboxylic acids is 1. The monoisotopic (exact) mass is 271 g/mol. The fourth-order valence-electron chi connectivity index (χ4n) is 2.36. The van der Waals surface area contributed by atoms with Gasteiger partial charge < -0.3 is 20.6 Å². The molecule has 0 aromatic heterocycles. The molecule has 0 spiro atoms. The van der Waals surface area contributed by atoms with Crippen molar-refractivity contribution in [3.8, 4) is 0 Å². The van der Waals surface area contributed by atoms with E-state index in [1.807, 2.05) is 20.9 Å². The number of piperidine rings is 1. The number of aliphatic carboxylic acids is 1. The Kier molecular flexibility index (Phi) is 6.08. The summed E-state index contributed by atoms with van der Waals surface area (Å²) in [5.74, 6) is -0.758. The topological polar surface area (TPSA) is 81.7 Å². The maximum Gasteiger partial charge on any atom is 0.326 e. The molecular formula is C13H25N3O3. The van der Waals surface area contributed by atoms with Gasteiger partial charge in [-0.1, -0.05) is 13.8 Å². The minimum Gasteiger partial charge on any atom is -0.480 e. The number of amides is 2. The maximum absolute atomic E-state index is 11.8. The highest BCUT2D eigenvalue weighted by molar-refractivity contribution is 5.82. The largest absolute Gasteiger partial charge is 0.480 e. The standard InChI is InChI=1S/C13H25N3O3/c1-9(2)7-11(12(17)18)15-13(19)14-10-5-4-6-16(3)8-10/h9-11H,4-8H2,1-3H3,(H,17,18)(H2,14,15,19). The molecule has 0 radical (unpaired) electrons. The molecule has 19 heavy (non-hydrogen) atoms. The van der Waals surface area contributed by atoms with Crippen LogP contribution in [0.15, 0.2) is 0 Å². The highest BCUT2D eigenvalue weighted by atomic mass is 16.4. The van der Waals surface area contributed by atoms with E-state index >= 15 is 0 Å². The molecule has 1 fully saturated rings. The fourth-order valence-corrected chi connectivity index (χ4v) is 2.36. The third-order valence-corrected chi connectivity index (χ3v) is 3.27. The van der Waals surface area contributed by atoms with Gasteiger partial charge in [-0.05, 0) is 38.8 Å². The molecule has 2 unspecified atom stereocenters. The molecule has 1 saturated heterocycles. The summed E-state index contributed by atoms with van der Waals surface area (Å²) in [6, 6.07) is -1.10. The molecule has 1 aliphatic heterocycles. The van der Waals surface area contributed by atoms with Gasteiger partial charge in [-0.15, -0.1) is 0 Å². The number of carboxylic acid groups (broad SMARTS) is 1. The van der Waals surface area contributed by atoms with E-state index in [1.165, 1.54) is 0 Å². The minimum atomic E-state index is -0.982. The highest BCUT2D eigenvalue weighted by Gasteiger charge is 2.23. The average Bonchev–Trinajstić information content (AvgIpc) is 2.27. The van der Waals surface area contributed by atoms with Crippen molar-refractivity contribution in [1.29, 1.82) is 0 Å². The van der Waals surface area contributed by atoms with Crippen molar-refractivity contribution >= 4 is 12.0 Å². The molecule has 0 saturated carbocycles. The first-order valence-electron chi connectivity index (χ1n) is 6.87. The van der Waals surface area contributed by atoms with Crippen LogP contribution in [-0.4, -0.2) is 54.2 Å². The molecule has 0 aliphatic carbocycles. The normalized spacial score (nSPS) is 22.0.